The van der Waals surface area contributed by atoms with Crippen molar-refractivity contribution in [3.63, 3.8) is 0 Å². The molecule has 2 rings (SSSR count). The summed E-state index contributed by atoms with van der Waals surface area (Å²) in [7, 11) is 0. The average molecular weight is 703 g/mol. The minimum absolute atomic E-state index is 0. The number of aliphatic carboxylic acids is 2. The molecule has 0 N–H and O–H groups in total. The maximum absolute atomic E-state index is 12.0. The molecule has 2 aliphatic heterocycles. The quantitative estimate of drug-likeness (QED) is 0.254. The Hall–Kier alpha value is -0.899. The van der Waals surface area contributed by atoms with Crippen molar-refractivity contribution in [1.82, 2.24) is 0 Å². The summed E-state index contributed by atoms with van der Waals surface area (Å²) in [6, 6.07) is 0. The topological polar surface area (TPSA) is 130 Å². The van der Waals surface area contributed by atoms with E-state index in [1.165, 1.54) is 0 Å². The molecule has 0 aliphatic carbocycles. The summed E-state index contributed by atoms with van der Waals surface area (Å²) >= 11 is 0. The Morgan fingerprint density at radius 3 is 0.711 bits per heavy atom. The fourth-order valence-corrected chi connectivity index (χ4v) is 4.93. The van der Waals surface area contributed by atoms with Crippen LogP contribution in [0.5, 0.6) is 0 Å². The average Bonchev–Trinajstić information content (AvgIpc) is 3.53. The molecule has 2 aliphatic rings. The van der Waals surface area contributed by atoms with Crippen LogP contribution in [0.25, 0.3) is 0 Å². The molecule has 9 heteroatoms. The minimum Gasteiger partial charge on any atom is -0.545 e. The van der Waals surface area contributed by atoms with Crippen LogP contribution in [0.4, 0.5) is 0 Å². The molecule has 8 nitrogen and oxygen atoms in total. The molecule has 0 radical (unpaired) electrons. The molecule has 45 heavy (non-hydrogen) atoms. The van der Waals surface area contributed by atoms with Gasteiger partial charge in [-0.1, -0.05) is 125 Å². The molecule has 0 aromatic carbocycles. The molecule has 0 fully saturated rings. The summed E-state index contributed by atoms with van der Waals surface area (Å²) in [6.45, 7) is 36.3. The monoisotopic (exact) mass is 702 g/mol. The van der Waals surface area contributed by atoms with Crippen molar-refractivity contribution in [3.8, 4) is 0 Å². The van der Waals surface area contributed by atoms with Gasteiger partial charge in [0.15, 0.2) is 11.3 Å². The molecular weight excluding hydrogens is 640 g/mol. The van der Waals surface area contributed by atoms with Gasteiger partial charge in [-0.15, -0.1) is 0 Å². The number of hydrogen-bond acceptors (Lipinski definition) is 8. The standard InChI is InChI=1S/2C18H32N2O2.Sr/c2*1-10-16(6,7)12-13(17(8,9)11-2)20-18(19-12,14(21)22)15(3,4)5;/h2*10-11H2,1-9H3,(H,21,22);/q;;+2/p-2. The minimum atomic E-state index is -1.53. The van der Waals surface area contributed by atoms with Crippen molar-refractivity contribution in [2.75, 3.05) is 0 Å². The predicted octanol–water partition coefficient (Wildman–Crippen LogP) is 6.11. The molecule has 0 saturated heterocycles. The molecule has 0 spiro atoms. The van der Waals surface area contributed by atoms with E-state index in [9.17, 15) is 19.8 Å². The second-order valence-corrected chi connectivity index (χ2v) is 17.2. The Morgan fingerprint density at radius 2 is 0.622 bits per heavy atom. The number of rotatable bonds is 10. The number of carboxylic acid groups (broad SMARTS) is 2. The first-order valence-corrected chi connectivity index (χ1v) is 16.3. The zero-order valence-corrected chi connectivity index (χ0v) is 35.4. The van der Waals surface area contributed by atoms with Crippen LogP contribution in [0.3, 0.4) is 0 Å². The molecule has 0 amide bonds. The zero-order chi connectivity index (χ0) is 35.1. The van der Waals surface area contributed by atoms with Crippen molar-refractivity contribution in [2.24, 2.45) is 52.5 Å². The summed E-state index contributed by atoms with van der Waals surface area (Å²) in [5.74, 6) is -2.43. The third kappa shape index (κ3) is 8.40. The van der Waals surface area contributed by atoms with Crippen LogP contribution in [-0.2, 0) is 9.59 Å². The van der Waals surface area contributed by atoms with E-state index in [0.717, 1.165) is 48.5 Å². The zero-order valence-electron chi connectivity index (χ0n) is 32.0. The van der Waals surface area contributed by atoms with Crippen LogP contribution in [0, 0.1) is 32.5 Å². The second kappa shape index (κ2) is 14.3. The van der Waals surface area contributed by atoms with Gasteiger partial charge in [-0.25, -0.2) is 0 Å². The molecule has 0 aromatic heterocycles. The first-order chi connectivity index (χ1) is 19.5. The van der Waals surface area contributed by atoms with Gasteiger partial charge in [0.25, 0.3) is 0 Å². The second-order valence-electron chi connectivity index (χ2n) is 17.2. The SMILES string of the molecule is CCC(C)(C)C1=NC(C(=O)[O-])(C(C)(C)C)N=C1C(C)(C)CC.CCC(C)(C)C1=NC(C(=O)[O-])(C(C)(C)C)N=C1C(C)(C)CC.[Sr+2]. The maximum Gasteiger partial charge on any atom is 2.00 e. The fraction of sp³-hybridized carbons (Fsp3) is 0.833. The van der Waals surface area contributed by atoms with Crippen molar-refractivity contribution >= 4 is 80.3 Å². The normalized spacial score (nSPS) is 18.5. The van der Waals surface area contributed by atoms with Gasteiger partial charge in [-0.3, -0.25) is 20.0 Å². The Bertz CT molecular complexity index is 1080. The van der Waals surface area contributed by atoms with Crippen molar-refractivity contribution in [2.45, 2.75) is 162 Å². The molecule has 0 bridgehead atoms. The Kier molecular flexibility index (Phi) is 14.0. The van der Waals surface area contributed by atoms with Crippen LogP contribution < -0.4 is 10.2 Å². The van der Waals surface area contributed by atoms with Gasteiger partial charge < -0.3 is 19.8 Å². The van der Waals surface area contributed by atoms with E-state index in [1.54, 1.807) is 0 Å². The molecule has 0 atom stereocenters. The van der Waals surface area contributed by atoms with Gasteiger partial charge in [-0.2, -0.15) is 0 Å². The number of hydrogen-bond donors (Lipinski definition) is 0. The van der Waals surface area contributed by atoms with E-state index < -0.39 is 34.1 Å². The summed E-state index contributed by atoms with van der Waals surface area (Å²) in [5.41, 5.74) is -1.93. The molecule has 2 heterocycles. The Balaban J connectivity index is 0.000000842. The molecular formula is C36H62N4O4Sr. The smallest absolute Gasteiger partial charge is 0.545 e. The van der Waals surface area contributed by atoms with Gasteiger partial charge in [0.2, 0.25) is 0 Å². The summed E-state index contributed by atoms with van der Waals surface area (Å²) in [5, 5.41) is 23.9. The van der Waals surface area contributed by atoms with Crippen molar-refractivity contribution in [1.29, 1.82) is 0 Å². The van der Waals surface area contributed by atoms with Gasteiger partial charge in [0.1, 0.15) is 0 Å². The maximum atomic E-state index is 12.0. The molecule has 0 unspecified atom stereocenters. The number of carbonyl (C=O) groups is 2. The van der Waals surface area contributed by atoms with Crippen LogP contribution in [0.15, 0.2) is 20.0 Å². The van der Waals surface area contributed by atoms with Gasteiger partial charge in [-0.05, 0) is 25.7 Å². The first kappa shape index (κ1) is 44.1. The van der Waals surface area contributed by atoms with Gasteiger partial charge >= 0.3 is 45.5 Å². The predicted molar refractivity (Wildman–Crippen MR) is 186 cm³/mol. The van der Waals surface area contributed by atoms with Crippen LogP contribution >= 0.6 is 0 Å². The van der Waals surface area contributed by atoms with Crippen molar-refractivity contribution < 1.29 is 19.8 Å². The van der Waals surface area contributed by atoms with E-state index in [-0.39, 0.29) is 67.1 Å². The third-order valence-electron chi connectivity index (χ3n) is 10.3. The van der Waals surface area contributed by atoms with E-state index in [2.05, 4.69) is 103 Å². The summed E-state index contributed by atoms with van der Waals surface area (Å²) in [4.78, 5) is 42.7. The van der Waals surface area contributed by atoms with E-state index >= 15 is 0 Å². The Labute approximate surface area is 311 Å². The molecule has 0 aromatic rings. The van der Waals surface area contributed by atoms with Gasteiger partial charge in [0.05, 0.1) is 34.8 Å². The van der Waals surface area contributed by atoms with Gasteiger partial charge in [0, 0.05) is 32.5 Å². The number of aliphatic imine (C=N–C) groups is 4. The van der Waals surface area contributed by atoms with Crippen molar-refractivity contribution in [3.05, 3.63) is 0 Å². The number of carbonyl (C=O) groups excluding carboxylic acids is 2. The Morgan fingerprint density at radius 1 is 0.467 bits per heavy atom. The first-order valence-electron chi connectivity index (χ1n) is 16.3. The summed E-state index contributed by atoms with van der Waals surface area (Å²) in [6.07, 6.45) is 3.49. The third-order valence-corrected chi connectivity index (χ3v) is 10.3. The largest absolute Gasteiger partial charge is 2.00 e. The van der Waals surface area contributed by atoms with E-state index in [1.807, 2.05) is 41.5 Å². The summed E-state index contributed by atoms with van der Waals surface area (Å²) < 4.78 is 0. The van der Waals surface area contributed by atoms with Crippen LogP contribution in [-0.4, -0.2) is 91.6 Å². The fourth-order valence-electron chi connectivity index (χ4n) is 4.93. The molecule has 252 valence electrons. The van der Waals surface area contributed by atoms with Crippen LogP contribution in [0.2, 0.25) is 0 Å². The number of nitrogens with zero attached hydrogens (tertiary/aromatic N) is 4. The van der Waals surface area contributed by atoms with E-state index in [0.29, 0.717) is 0 Å². The molecule has 0 saturated carbocycles. The van der Waals surface area contributed by atoms with E-state index in [4.69, 9.17) is 0 Å². The number of carboxylic acids is 2. The van der Waals surface area contributed by atoms with Crippen LogP contribution in [0.1, 0.15) is 150 Å².